The molecule has 0 saturated heterocycles. The van der Waals surface area contributed by atoms with Gasteiger partial charge in [0.15, 0.2) is 18.1 Å². The zero-order chi connectivity index (χ0) is 20.8. The van der Waals surface area contributed by atoms with Gasteiger partial charge in [-0.1, -0.05) is 24.3 Å². The SMILES string of the molecule is COc1cc(/C=C/C(=O)N(C)C(C)c2cc3ccccc3o2)ccc1OCC#N. The Kier molecular flexibility index (Phi) is 6.20. The normalized spacial score (nSPS) is 11.9. The van der Waals surface area contributed by atoms with Crippen LogP contribution in [0, 0.1) is 11.3 Å². The third-order valence-electron chi connectivity index (χ3n) is 4.68. The fraction of sp³-hybridized carbons (Fsp3) is 0.217. The van der Waals surface area contributed by atoms with E-state index in [2.05, 4.69) is 0 Å². The second-order valence-corrected chi connectivity index (χ2v) is 6.50. The molecule has 0 N–H and O–H groups in total. The molecule has 6 nitrogen and oxygen atoms in total. The minimum absolute atomic E-state index is 0.0610. The zero-order valence-electron chi connectivity index (χ0n) is 16.6. The number of carbonyl (C=O) groups is 1. The summed E-state index contributed by atoms with van der Waals surface area (Å²) in [5.41, 5.74) is 1.58. The van der Waals surface area contributed by atoms with Gasteiger partial charge in [0.25, 0.3) is 0 Å². The number of rotatable bonds is 7. The highest BCUT2D eigenvalue weighted by Gasteiger charge is 2.19. The summed E-state index contributed by atoms with van der Waals surface area (Å²) in [6, 6.07) is 16.7. The molecule has 0 saturated carbocycles. The first-order valence-electron chi connectivity index (χ1n) is 9.14. The minimum Gasteiger partial charge on any atom is -0.493 e. The lowest BCUT2D eigenvalue weighted by Gasteiger charge is -2.21. The van der Waals surface area contributed by atoms with E-state index in [9.17, 15) is 4.79 Å². The lowest BCUT2D eigenvalue weighted by Crippen LogP contribution is -2.27. The highest BCUT2D eigenvalue weighted by Crippen LogP contribution is 2.29. The van der Waals surface area contributed by atoms with Gasteiger partial charge in [0.05, 0.1) is 13.2 Å². The number of benzene rings is 2. The van der Waals surface area contributed by atoms with Crippen molar-refractivity contribution in [3.05, 3.63) is 65.9 Å². The Morgan fingerprint density at radius 2 is 2.03 bits per heavy atom. The molecular weight excluding hydrogens is 368 g/mol. The number of ether oxygens (including phenoxy) is 2. The predicted octanol–water partition coefficient (Wildman–Crippen LogP) is 4.58. The van der Waals surface area contributed by atoms with Gasteiger partial charge < -0.3 is 18.8 Å². The van der Waals surface area contributed by atoms with Crippen LogP contribution in [0.1, 0.15) is 24.3 Å². The van der Waals surface area contributed by atoms with E-state index in [0.29, 0.717) is 11.5 Å². The summed E-state index contributed by atoms with van der Waals surface area (Å²) in [6.45, 7) is 1.86. The molecule has 0 aliphatic heterocycles. The van der Waals surface area contributed by atoms with E-state index in [0.717, 1.165) is 22.3 Å². The number of hydrogen-bond donors (Lipinski definition) is 0. The molecule has 6 heteroatoms. The maximum atomic E-state index is 12.6. The molecular formula is C23H22N2O4. The van der Waals surface area contributed by atoms with Gasteiger partial charge in [-0.15, -0.1) is 0 Å². The van der Waals surface area contributed by atoms with Crippen LogP contribution in [0.4, 0.5) is 0 Å². The average molecular weight is 390 g/mol. The molecule has 1 heterocycles. The number of nitrogens with zero attached hydrogens (tertiary/aromatic N) is 2. The maximum absolute atomic E-state index is 12.6. The molecule has 1 unspecified atom stereocenters. The Labute approximate surface area is 169 Å². The van der Waals surface area contributed by atoms with Gasteiger partial charge in [-0.2, -0.15) is 5.26 Å². The van der Waals surface area contributed by atoms with Crippen LogP contribution < -0.4 is 9.47 Å². The van der Waals surface area contributed by atoms with Crippen LogP contribution >= 0.6 is 0 Å². The van der Waals surface area contributed by atoms with Crippen LogP contribution in [-0.2, 0) is 4.79 Å². The number of furan rings is 1. The van der Waals surface area contributed by atoms with Crippen LogP contribution in [0.3, 0.4) is 0 Å². The van der Waals surface area contributed by atoms with Crippen molar-refractivity contribution in [2.24, 2.45) is 0 Å². The molecule has 0 radical (unpaired) electrons. The van der Waals surface area contributed by atoms with Crippen LogP contribution in [0.25, 0.3) is 17.0 Å². The number of hydrogen-bond acceptors (Lipinski definition) is 5. The zero-order valence-corrected chi connectivity index (χ0v) is 16.6. The molecule has 3 aromatic rings. The van der Waals surface area contributed by atoms with E-state index in [1.165, 1.54) is 13.2 Å². The number of para-hydroxylation sites is 1. The number of carbonyl (C=O) groups excluding carboxylic acids is 1. The molecule has 2 aromatic carbocycles. The van der Waals surface area contributed by atoms with Gasteiger partial charge in [-0.05, 0) is 42.8 Å². The standard InChI is InChI=1S/C23H22N2O4/c1-16(21-15-18-6-4-5-7-19(18)29-21)25(2)23(26)11-9-17-8-10-20(28-13-12-24)22(14-17)27-3/h4-11,14-16H,13H2,1-3H3/b11-9+. The Hall–Kier alpha value is -3.72. The number of fused-ring (bicyclic) bond motifs is 1. The lowest BCUT2D eigenvalue weighted by atomic mass is 10.1. The van der Waals surface area contributed by atoms with Gasteiger partial charge in [-0.3, -0.25) is 4.79 Å². The first kappa shape index (κ1) is 20.0. The van der Waals surface area contributed by atoms with Crippen molar-refractivity contribution in [1.82, 2.24) is 4.90 Å². The second-order valence-electron chi connectivity index (χ2n) is 6.50. The topological polar surface area (TPSA) is 75.7 Å². The summed E-state index contributed by atoms with van der Waals surface area (Å²) in [5.74, 6) is 1.56. The summed E-state index contributed by atoms with van der Waals surface area (Å²) in [6.07, 6.45) is 3.21. The van der Waals surface area contributed by atoms with Crippen LogP contribution in [-0.4, -0.2) is 31.6 Å². The van der Waals surface area contributed by atoms with Crippen molar-refractivity contribution >= 4 is 23.0 Å². The monoisotopic (exact) mass is 390 g/mol. The van der Waals surface area contributed by atoms with Crippen molar-refractivity contribution in [3.63, 3.8) is 0 Å². The van der Waals surface area contributed by atoms with Crippen molar-refractivity contribution in [3.8, 4) is 17.6 Å². The Bertz CT molecular complexity index is 1040. The molecule has 0 spiro atoms. The predicted molar refractivity (Wildman–Crippen MR) is 111 cm³/mol. The molecule has 1 atom stereocenters. The summed E-state index contributed by atoms with van der Waals surface area (Å²) >= 11 is 0. The number of likely N-dealkylation sites (N-methyl/N-ethyl adjacent to an activating group) is 1. The van der Waals surface area contributed by atoms with Gasteiger partial charge in [0.1, 0.15) is 17.4 Å². The van der Waals surface area contributed by atoms with Crippen LogP contribution in [0.2, 0.25) is 0 Å². The Morgan fingerprint density at radius 3 is 2.76 bits per heavy atom. The Morgan fingerprint density at radius 1 is 1.24 bits per heavy atom. The highest BCUT2D eigenvalue weighted by atomic mass is 16.5. The maximum Gasteiger partial charge on any atom is 0.246 e. The molecule has 0 aliphatic rings. The molecule has 0 aliphatic carbocycles. The first-order chi connectivity index (χ1) is 14.0. The molecule has 29 heavy (non-hydrogen) atoms. The summed E-state index contributed by atoms with van der Waals surface area (Å²) in [4.78, 5) is 14.2. The van der Waals surface area contributed by atoms with E-state index in [1.54, 1.807) is 36.2 Å². The third kappa shape index (κ3) is 4.58. The van der Waals surface area contributed by atoms with E-state index in [-0.39, 0.29) is 18.6 Å². The van der Waals surface area contributed by atoms with Crippen molar-refractivity contribution in [2.75, 3.05) is 20.8 Å². The highest BCUT2D eigenvalue weighted by molar-refractivity contribution is 5.92. The van der Waals surface area contributed by atoms with Gasteiger partial charge in [0, 0.05) is 18.5 Å². The van der Waals surface area contributed by atoms with E-state index in [4.69, 9.17) is 19.2 Å². The molecule has 0 bridgehead atoms. The summed E-state index contributed by atoms with van der Waals surface area (Å²) in [5, 5.41) is 9.65. The third-order valence-corrected chi connectivity index (χ3v) is 4.68. The summed E-state index contributed by atoms with van der Waals surface area (Å²) in [7, 11) is 3.26. The van der Waals surface area contributed by atoms with E-state index < -0.39 is 0 Å². The van der Waals surface area contributed by atoms with Gasteiger partial charge in [0.2, 0.25) is 5.91 Å². The van der Waals surface area contributed by atoms with E-state index >= 15 is 0 Å². The largest absolute Gasteiger partial charge is 0.493 e. The van der Waals surface area contributed by atoms with Crippen LogP contribution in [0.5, 0.6) is 11.5 Å². The smallest absolute Gasteiger partial charge is 0.246 e. The number of amides is 1. The fourth-order valence-electron chi connectivity index (χ4n) is 2.89. The van der Waals surface area contributed by atoms with Crippen molar-refractivity contribution in [1.29, 1.82) is 5.26 Å². The fourth-order valence-corrected chi connectivity index (χ4v) is 2.89. The van der Waals surface area contributed by atoms with E-state index in [1.807, 2.05) is 43.3 Å². The lowest BCUT2D eigenvalue weighted by molar-refractivity contribution is -0.126. The molecule has 1 aromatic heterocycles. The van der Waals surface area contributed by atoms with Crippen molar-refractivity contribution in [2.45, 2.75) is 13.0 Å². The first-order valence-corrected chi connectivity index (χ1v) is 9.14. The quantitative estimate of drug-likeness (QED) is 0.552. The van der Waals surface area contributed by atoms with Crippen molar-refractivity contribution < 1.29 is 18.7 Å². The average Bonchev–Trinajstić information content (AvgIpc) is 3.19. The number of nitriles is 1. The molecule has 148 valence electrons. The van der Waals surface area contributed by atoms with Gasteiger partial charge >= 0.3 is 0 Å². The minimum atomic E-state index is -0.212. The molecule has 0 fully saturated rings. The van der Waals surface area contributed by atoms with Gasteiger partial charge in [-0.25, -0.2) is 0 Å². The molecule has 3 rings (SSSR count). The van der Waals surface area contributed by atoms with Crippen LogP contribution in [0.15, 0.2) is 59.0 Å². The Balaban J connectivity index is 1.71. The molecule has 1 amide bonds. The second kappa shape index (κ2) is 8.98. The summed E-state index contributed by atoms with van der Waals surface area (Å²) < 4.78 is 16.5. The number of methoxy groups -OCH3 is 1.